The summed E-state index contributed by atoms with van der Waals surface area (Å²) in [7, 11) is 0. The average molecular weight is 345 g/mol. The van der Waals surface area contributed by atoms with E-state index in [0.29, 0.717) is 17.6 Å². The third-order valence-electron chi connectivity index (χ3n) is 4.51. The Morgan fingerprint density at radius 3 is 1.88 bits per heavy atom. The molecule has 0 N–H and O–H groups in total. The van der Waals surface area contributed by atoms with Gasteiger partial charge in [0.25, 0.3) is 0 Å². The van der Waals surface area contributed by atoms with Crippen molar-refractivity contribution >= 4 is 69.6 Å². The fourth-order valence-electron chi connectivity index (χ4n) is 3.46. The van der Waals surface area contributed by atoms with E-state index in [1.165, 1.54) is 0 Å². The number of fused-ring (bicyclic) bond motifs is 2. The van der Waals surface area contributed by atoms with Crippen LogP contribution in [0, 0.1) is 16.7 Å². The largest absolute Gasteiger partial charge is 0.126 e. The SMILES string of the molecule is ClCC1(CCl)C2CC(Cl)C1(CCl)C(Cl)C2Cl. The fraction of sp³-hybridized carbons (Fsp3) is 1.00. The van der Waals surface area contributed by atoms with Gasteiger partial charge in [-0.1, -0.05) is 0 Å². The first-order valence-electron chi connectivity index (χ1n) is 5.12. The van der Waals surface area contributed by atoms with Gasteiger partial charge in [-0.3, -0.25) is 0 Å². The van der Waals surface area contributed by atoms with Crippen molar-refractivity contribution < 1.29 is 0 Å². The molecule has 5 unspecified atom stereocenters. The predicted octanol–water partition coefficient (Wildman–Crippen LogP) is 4.53. The first-order chi connectivity index (χ1) is 7.51. The lowest BCUT2D eigenvalue weighted by atomic mass is 9.70. The summed E-state index contributed by atoms with van der Waals surface area (Å²) < 4.78 is 0. The van der Waals surface area contributed by atoms with Crippen LogP contribution in [0.25, 0.3) is 0 Å². The topological polar surface area (TPSA) is 0 Å². The standard InChI is InChI=1S/C10H12Cl6/c11-2-9(3-12)5-1-6(14)10(9,4-13)8(16)7(5)15/h5-8H,1-4H2. The highest BCUT2D eigenvalue weighted by Crippen LogP contribution is 2.71. The number of alkyl halides is 6. The zero-order valence-electron chi connectivity index (χ0n) is 8.41. The molecule has 6 heteroatoms. The minimum absolute atomic E-state index is 0.0926. The summed E-state index contributed by atoms with van der Waals surface area (Å²) in [6.07, 6.45) is 0.797. The monoisotopic (exact) mass is 342 g/mol. The van der Waals surface area contributed by atoms with Gasteiger partial charge in [0, 0.05) is 33.8 Å². The van der Waals surface area contributed by atoms with Gasteiger partial charge in [-0.15, -0.1) is 69.6 Å². The Morgan fingerprint density at radius 1 is 0.938 bits per heavy atom. The first-order valence-corrected chi connectivity index (χ1v) is 8.03. The molecule has 2 aliphatic rings. The van der Waals surface area contributed by atoms with Crippen LogP contribution >= 0.6 is 69.6 Å². The van der Waals surface area contributed by atoms with E-state index in [1.54, 1.807) is 0 Å². The first kappa shape index (κ1) is 14.2. The van der Waals surface area contributed by atoms with Crippen LogP contribution in [0.2, 0.25) is 0 Å². The zero-order chi connectivity index (χ0) is 12.1. The molecule has 0 spiro atoms. The van der Waals surface area contributed by atoms with E-state index in [4.69, 9.17) is 69.6 Å². The molecule has 2 saturated carbocycles. The quantitative estimate of drug-likeness (QED) is 0.660. The van der Waals surface area contributed by atoms with E-state index in [-0.39, 0.29) is 27.5 Å². The molecule has 0 nitrogen and oxygen atoms in total. The third kappa shape index (κ3) is 1.38. The molecule has 0 aromatic rings. The molecule has 5 atom stereocenters. The van der Waals surface area contributed by atoms with Gasteiger partial charge in [0.1, 0.15) is 0 Å². The van der Waals surface area contributed by atoms with Crippen molar-refractivity contribution in [2.45, 2.75) is 22.6 Å². The molecule has 0 saturated heterocycles. The molecule has 2 aliphatic carbocycles. The smallest absolute Gasteiger partial charge is 0.0590 e. The van der Waals surface area contributed by atoms with Crippen LogP contribution in [-0.2, 0) is 0 Å². The maximum atomic E-state index is 6.43. The molecule has 0 heterocycles. The number of halogens is 6. The summed E-state index contributed by atoms with van der Waals surface area (Å²) in [6, 6.07) is 0. The molecule has 0 aromatic heterocycles. The van der Waals surface area contributed by atoms with Gasteiger partial charge in [-0.25, -0.2) is 0 Å². The lowest BCUT2D eigenvalue weighted by Gasteiger charge is -2.43. The zero-order valence-corrected chi connectivity index (χ0v) is 12.9. The third-order valence-corrected chi connectivity index (χ3v) is 7.82. The van der Waals surface area contributed by atoms with Crippen LogP contribution in [0.3, 0.4) is 0 Å². The molecule has 2 fully saturated rings. The van der Waals surface area contributed by atoms with Crippen LogP contribution in [0.5, 0.6) is 0 Å². The Kier molecular flexibility index (Phi) is 4.15. The molecule has 2 bridgehead atoms. The summed E-state index contributed by atoms with van der Waals surface area (Å²) in [5.41, 5.74) is -0.776. The maximum absolute atomic E-state index is 6.43. The van der Waals surface area contributed by atoms with Gasteiger partial charge < -0.3 is 0 Å². The highest BCUT2D eigenvalue weighted by Gasteiger charge is 2.74. The summed E-state index contributed by atoms with van der Waals surface area (Å²) in [4.78, 5) is 0. The number of hydrogen-bond donors (Lipinski definition) is 0. The lowest BCUT2D eigenvalue weighted by molar-refractivity contribution is 0.170. The Morgan fingerprint density at radius 2 is 1.50 bits per heavy atom. The predicted molar refractivity (Wildman–Crippen MR) is 74.1 cm³/mol. The normalized spacial score (nSPS) is 49.9. The van der Waals surface area contributed by atoms with Crippen LogP contribution in [-0.4, -0.2) is 33.8 Å². The second kappa shape index (κ2) is 4.69. The Balaban J connectivity index is 2.54. The van der Waals surface area contributed by atoms with Crippen LogP contribution < -0.4 is 0 Å². The minimum Gasteiger partial charge on any atom is -0.126 e. The summed E-state index contributed by atoms with van der Waals surface area (Å²) in [5.74, 6) is 1.33. The van der Waals surface area contributed by atoms with E-state index in [2.05, 4.69) is 0 Å². The molecule has 16 heavy (non-hydrogen) atoms. The molecule has 0 aliphatic heterocycles. The molecular formula is C10H12Cl6. The van der Waals surface area contributed by atoms with Gasteiger partial charge in [0.05, 0.1) is 10.8 Å². The van der Waals surface area contributed by atoms with Crippen molar-refractivity contribution in [3.8, 4) is 0 Å². The molecule has 0 amide bonds. The molecule has 94 valence electrons. The number of hydrogen-bond acceptors (Lipinski definition) is 0. The highest BCUT2D eigenvalue weighted by molar-refractivity contribution is 6.34. The van der Waals surface area contributed by atoms with Crippen molar-refractivity contribution in [3.05, 3.63) is 0 Å². The van der Waals surface area contributed by atoms with E-state index in [1.807, 2.05) is 0 Å². The average Bonchev–Trinajstić information content (AvgIpc) is 2.65. The summed E-state index contributed by atoms with van der Waals surface area (Å²) >= 11 is 37.6. The minimum atomic E-state index is -0.446. The molecule has 0 radical (unpaired) electrons. The van der Waals surface area contributed by atoms with Gasteiger partial charge in [0.15, 0.2) is 0 Å². The fourth-order valence-corrected chi connectivity index (χ4v) is 7.29. The van der Waals surface area contributed by atoms with Crippen LogP contribution in [0.4, 0.5) is 0 Å². The van der Waals surface area contributed by atoms with Gasteiger partial charge in [-0.05, 0) is 12.3 Å². The van der Waals surface area contributed by atoms with Crippen molar-refractivity contribution in [1.82, 2.24) is 0 Å². The maximum Gasteiger partial charge on any atom is 0.0590 e. The van der Waals surface area contributed by atoms with Crippen molar-refractivity contribution in [1.29, 1.82) is 0 Å². The highest BCUT2D eigenvalue weighted by atomic mass is 35.5. The van der Waals surface area contributed by atoms with Gasteiger partial charge in [0.2, 0.25) is 0 Å². The summed E-state index contributed by atoms with van der Waals surface area (Å²) in [6.45, 7) is 0. The second-order valence-corrected chi connectivity index (χ2v) is 7.06. The summed E-state index contributed by atoms with van der Waals surface area (Å²) in [5, 5.41) is -0.497. The Bertz CT molecular complexity index is 278. The van der Waals surface area contributed by atoms with E-state index < -0.39 is 5.41 Å². The Labute approximate surface area is 126 Å². The number of rotatable bonds is 3. The van der Waals surface area contributed by atoms with Crippen LogP contribution in [0.1, 0.15) is 6.42 Å². The lowest BCUT2D eigenvalue weighted by Crippen LogP contribution is -2.49. The molecule has 0 aromatic carbocycles. The van der Waals surface area contributed by atoms with Gasteiger partial charge >= 0.3 is 0 Å². The molecule has 2 rings (SSSR count). The van der Waals surface area contributed by atoms with Crippen LogP contribution in [0.15, 0.2) is 0 Å². The van der Waals surface area contributed by atoms with Crippen molar-refractivity contribution in [2.24, 2.45) is 16.7 Å². The van der Waals surface area contributed by atoms with Gasteiger partial charge in [-0.2, -0.15) is 0 Å². The second-order valence-electron chi connectivity index (χ2n) is 4.75. The molecular weight excluding hydrogens is 333 g/mol. The Hall–Kier alpha value is 1.74. The van der Waals surface area contributed by atoms with Crippen molar-refractivity contribution in [3.63, 3.8) is 0 Å². The van der Waals surface area contributed by atoms with E-state index in [0.717, 1.165) is 6.42 Å². The van der Waals surface area contributed by atoms with E-state index in [9.17, 15) is 0 Å². The van der Waals surface area contributed by atoms with E-state index >= 15 is 0 Å². The van der Waals surface area contributed by atoms with Crippen molar-refractivity contribution in [2.75, 3.05) is 17.6 Å².